The summed E-state index contributed by atoms with van der Waals surface area (Å²) in [6.45, 7) is 6.06. The number of ether oxygens (including phenoxy) is 1. The minimum absolute atomic E-state index is 0.187. The predicted molar refractivity (Wildman–Crippen MR) is 135 cm³/mol. The van der Waals surface area contributed by atoms with Crippen molar-refractivity contribution in [3.8, 4) is 5.75 Å². The first-order chi connectivity index (χ1) is 16.5. The molecule has 2 aromatic rings. The second-order valence-electron chi connectivity index (χ2n) is 9.44. The highest BCUT2D eigenvalue weighted by atomic mass is 35.5. The highest BCUT2D eigenvalue weighted by Gasteiger charge is 2.37. The van der Waals surface area contributed by atoms with E-state index in [1.54, 1.807) is 13.0 Å². The Morgan fingerprint density at radius 3 is 2.34 bits per heavy atom. The van der Waals surface area contributed by atoms with Crippen LogP contribution in [0.1, 0.15) is 60.1 Å². The number of carbonyl (C=O) groups is 1. The Morgan fingerprint density at radius 1 is 1.11 bits per heavy atom. The Bertz CT molecular complexity index is 1190. The normalized spacial score (nSPS) is 18.3. The molecule has 4 rings (SSSR count). The van der Waals surface area contributed by atoms with Gasteiger partial charge in [0, 0.05) is 22.2 Å². The molecule has 1 saturated heterocycles. The molecule has 1 N–H and O–H groups in total. The molecule has 1 aliphatic heterocycles. The number of nitrogens with zero attached hydrogens (tertiary/aromatic N) is 1. The van der Waals surface area contributed by atoms with Gasteiger partial charge >= 0.3 is 0 Å². The van der Waals surface area contributed by atoms with E-state index >= 15 is 0 Å². The van der Waals surface area contributed by atoms with Gasteiger partial charge in [-0.15, -0.1) is 0 Å². The fraction of sp³-hybridized carbons (Fsp3) is 0.480. The third kappa shape index (κ3) is 6.47. The molecule has 1 aliphatic carbocycles. The molecule has 1 amide bonds. The van der Waals surface area contributed by atoms with E-state index in [1.165, 1.54) is 6.07 Å². The molecule has 0 radical (unpaired) electrons. The summed E-state index contributed by atoms with van der Waals surface area (Å²) >= 11 is 12.3. The Balaban J connectivity index is 1.31. The Morgan fingerprint density at radius 2 is 1.74 bits per heavy atom. The van der Waals surface area contributed by atoms with Gasteiger partial charge in [-0.25, -0.2) is 17.5 Å². The number of hydrogen-bond donors (Lipinski definition) is 1. The average molecular weight is 543 g/mol. The molecule has 1 atom stereocenters. The maximum absolute atomic E-state index is 14.6. The summed E-state index contributed by atoms with van der Waals surface area (Å²) in [5.74, 6) is -1.09. The number of rotatable bonds is 8. The van der Waals surface area contributed by atoms with E-state index in [1.807, 2.05) is 16.9 Å². The zero-order valence-electron chi connectivity index (χ0n) is 19.7. The van der Waals surface area contributed by atoms with E-state index in [2.05, 4.69) is 11.8 Å². The number of amides is 1. The van der Waals surface area contributed by atoms with E-state index in [-0.39, 0.29) is 11.6 Å². The van der Waals surface area contributed by atoms with Crippen LogP contribution in [-0.2, 0) is 10.0 Å². The van der Waals surface area contributed by atoms with Crippen LogP contribution >= 0.6 is 23.2 Å². The number of carbonyl (C=O) groups excluding carboxylic acids is 1. The third-order valence-corrected chi connectivity index (χ3v) is 9.00. The van der Waals surface area contributed by atoms with Crippen LogP contribution in [0.4, 0.5) is 4.39 Å². The predicted octanol–water partition coefficient (Wildman–Crippen LogP) is 5.51. The molecule has 1 heterocycles. The van der Waals surface area contributed by atoms with Gasteiger partial charge in [0.05, 0.1) is 17.4 Å². The minimum atomic E-state index is -3.75. The second kappa shape index (κ2) is 10.6. The lowest BCUT2D eigenvalue weighted by Crippen LogP contribution is -2.37. The molecule has 190 valence electrons. The van der Waals surface area contributed by atoms with Gasteiger partial charge in [0.15, 0.2) is 0 Å². The van der Waals surface area contributed by atoms with Gasteiger partial charge < -0.3 is 4.74 Å². The van der Waals surface area contributed by atoms with Crippen LogP contribution in [0.5, 0.6) is 5.75 Å². The van der Waals surface area contributed by atoms with Crippen molar-refractivity contribution in [2.24, 2.45) is 5.92 Å². The van der Waals surface area contributed by atoms with Gasteiger partial charge in [0.2, 0.25) is 10.0 Å². The van der Waals surface area contributed by atoms with Crippen molar-refractivity contribution in [1.29, 1.82) is 0 Å². The first-order valence-corrected chi connectivity index (χ1v) is 14.0. The van der Waals surface area contributed by atoms with Crippen molar-refractivity contribution in [3.63, 3.8) is 0 Å². The van der Waals surface area contributed by atoms with Crippen LogP contribution in [0.25, 0.3) is 0 Å². The van der Waals surface area contributed by atoms with E-state index in [0.29, 0.717) is 46.7 Å². The molecule has 6 nitrogen and oxygen atoms in total. The molecule has 0 aromatic heterocycles. The molecule has 0 spiro atoms. The molecule has 10 heteroatoms. The lowest BCUT2D eigenvalue weighted by atomic mass is 9.95. The van der Waals surface area contributed by atoms with Crippen LogP contribution in [0.2, 0.25) is 10.0 Å². The molecule has 2 fully saturated rings. The van der Waals surface area contributed by atoms with E-state index in [4.69, 9.17) is 27.9 Å². The third-order valence-electron chi connectivity index (χ3n) is 6.75. The van der Waals surface area contributed by atoms with Crippen LogP contribution < -0.4 is 9.46 Å². The van der Waals surface area contributed by atoms with Crippen LogP contribution in [0, 0.1) is 18.7 Å². The first-order valence-electron chi connectivity index (χ1n) is 11.7. The average Bonchev–Trinajstić information content (AvgIpc) is 3.64. The molecule has 1 unspecified atom stereocenters. The van der Waals surface area contributed by atoms with Gasteiger partial charge in [-0.05, 0) is 93.9 Å². The van der Waals surface area contributed by atoms with Gasteiger partial charge in [0.25, 0.3) is 5.91 Å². The summed E-state index contributed by atoms with van der Waals surface area (Å²) in [4.78, 5) is 14.7. The summed E-state index contributed by atoms with van der Waals surface area (Å²) in [5, 5.41) is 0.687. The second-order valence-corrected chi connectivity index (χ2v) is 12.3. The lowest BCUT2D eigenvalue weighted by Gasteiger charge is -2.36. The maximum atomic E-state index is 14.6. The molecule has 2 aliphatic rings. The number of sulfonamides is 1. The van der Waals surface area contributed by atoms with Crippen LogP contribution in [-0.4, -0.2) is 44.2 Å². The number of hydrogen-bond acceptors (Lipinski definition) is 5. The fourth-order valence-electron chi connectivity index (χ4n) is 4.38. The van der Waals surface area contributed by atoms with E-state index in [9.17, 15) is 17.6 Å². The maximum Gasteiger partial charge on any atom is 0.267 e. The Labute approximate surface area is 215 Å². The van der Waals surface area contributed by atoms with Crippen LogP contribution in [0.3, 0.4) is 0 Å². The largest absolute Gasteiger partial charge is 0.493 e. The summed E-state index contributed by atoms with van der Waals surface area (Å²) in [6.07, 6.45) is 2.90. The fourth-order valence-corrected chi connectivity index (χ4v) is 6.21. The summed E-state index contributed by atoms with van der Waals surface area (Å²) in [6, 6.07) is 8.29. The van der Waals surface area contributed by atoms with Crippen LogP contribution in [0.15, 0.2) is 30.3 Å². The Hall–Kier alpha value is -1.87. The van der Waals surface area contributed by atoms with E-state index < -0.39 is 27.0 Å². The zero-order valence-corrected chi connectivity index (χ0v) is 22.0. The van der Waals surface area contributed by atoms with Crippen molar-refractivity contribution in [2.45, 2.75) is 50.8 Å². The molecular formula is C25H29Cl2FN2O4S. The van der Waals surface area contributed by atoms with Crippen molar-refractivity contribution in [2.75, 3.05) is 19.7 Å². The highest BCUT2D eigenvalue weighted by molar-refractivity contribution is 7.91. The number of likely N-dealkylation sites (tertiary alicyclic amines) is 1. The van der Waals surface area contributed by atoms with Gasteiger partial charge in [-0.3, -0.25) is 9.69 Å². The lowest BCUT2D eigenvalue weighted by molar-refractivity contribution is 0.0977. The molecule has 1 saturated carbocycles. The summed E-state index contributed by atoms with van der Waals surface area (Å²) in [7, 11) is -3.75. The summed E-state index contributed by atoms with van der Waals surface area (Å²) in [5.41, 5.74) is 1.35. The van der Waals surface area contributed by atoms with Crippen molar-refractivity contribution in [1.82, 2.24) is 9.62 Å². The van der Waals surface area contributed by atoms with Crippen molar-refractivity contribution >= 4 is 39.1 Å². The quantitative estimate of drug-likeness (QED) is 0.475. The van der Waals surface area contributed by atoms with Gasteiger partial charge in [-0.2, -0.15) is 0 Å². The smallest absolute Gasteiger partial charge is 0.267 e. The Kier molecular flexibility index (Phi) is 7.95. The van der Waals surface area contributed by atoms with Gasteiger partial charge in [-0.1, -0.05) is 23.2 Å². The standard InChI is InChI=1S/C25H29Cl2FN2O4S/c1-15-9-22(25(31)29-35(32,33)21-3-4-21)23(28)13-24(15)34-14-17-5-7-30(8-6-17)16(2)18-10-19(26)12-20(27)11-18/h9-13,16-17,21H,3-8,14H2,1-2H3,(H,29,31). The number of piperidine rings is 1. The number of nitrogens with one attached hydrogen (secondary N) is 1. The zero-order chi connectivity index (χ0) is 25.3. The SMILES string of the molecule is Cc1cc(C(=O)NS(=O)(=O)C2CC2)c(F)cc1OCC1CCN(C(C)c2cc(Cl)cc(Cl)c2)CC1. The molecule has 0 bridgehead atoms. The van der Waals surface area contributed by atoms with E-state index in [0.717, 1.165) is 37.6 Å². The minimum Gasteiger partial charge on any atom is -0.493 e. The highest BCUT2D eigenvalue weighted by Crippen LogP contribution is 2.31. The van der Waals surface area contributed by atoms with Crippen molar-refractivity contribution < 1.29 is 22.3 Å². The van der Waals surface area contributed by atoms with Crippen molar-refractivity contribution in [3.05, 3.63) is 62.9 Å². The van der Waals surface area contributed by atoms with Gasteiger partial charge in [0.1, 0.15) is 11.6 Å². The molecule has 2 aromatic carbocycles. The monoisotopic (exact) mass is 542 g/mol. The molecule has 35 heavy (non-hydrogen) atoms. The molecular weight excluding hydrogens is 514 g/mol. The number of benzene rings is 2. The number of halogens is 3. The number of aryl methyl sites for hydroxylation is 1. The summed E-state index contributed by atoms with van der Waals surface area (Å²) < 4.78 is 46.5. The topological polar surface area (TPSA) is 75.7 Å². The first kappa shape index (κ1) is 26.2.